The number of pyridine rings is 1. The number of rotatable bonds is 7. The number of aliphatic hydroxyl groups is 1. The van der Waals surface area contributed by atoms with Gasteiger partial charge in [-0.25, -0.2) is 0 Å². The van der Waals surface area contributed by atoms with Gasteiger partial charge in [0.2, 0.25) is 0 Å². The minimum Gasteiger partial charge on any atom is -0.507 e. The number of hydrogen-bond acceptors (Lipinski definition) is 6. The fraction of sp³-hybridized carbons (Fsp3) is 0.300. The number of ketones is 1. The molecule has 1 aromatic heterocycles. The Morgan fingerprint density at radius 2 is 1.76 bits per heavy atom. The Morgan fingerprint density at radius 1 is 1.00 bits per heavy atom. The molecule has 1 saturated heterocycles. The zero-order chi connectivity index (χ0) is 26.7. The molecule has 192 valence electrons. The first-order valence-electron chi connectivity index (χ1n) is 12.4. The summed E-state index contributed by atoms with van der Waals surface area (Å²) in [6, 6.07) is 15.0. The van der Waals surface area contributed by atoms with Crippen molar-refractivity contribution in [3.63, 3.8) is 0 Å². The van der Waals surface area contributed by atoms with Gasteiger partial charge in [-0.3, -0.25) is 19.5 Å². The molecule has 0 bridgehead atoms. The van der Waals surface area contributed by atoms with E-state index in [-0.39, 0.29) is 16.7 Å². The van der Waals surface area contributed by atoms with Crippen LogP contribution in [0.15, 0.2) is 72.6 Å². The van der Waals surface area contributed by atoms with Crippen molar-refractivity contribution in [1.82, 2.24) is 4.98 Å². The van der Waals surface area contributed by atoms with E-state index in [1.54, 1.807) is 60.9 Å². The Labute approximate surface area is 217 Å². The third kappa shape index (κ3) is 5.07. The van der Waals surface area contributed by atoms with Gasteiger partial charge in [-0.15, -0.1) is 0 Å². The van der Waals surface area contributed by atoms with Gasteiger partial charge in [0.1, 0.15) is 17.3 Å². The van der Waals surface area contributed by atoms with E-state index in [4.69, 9.17) is 9.47 Å². The van der Waals surface area contributed by atoms with Crippen LogP contribution in [0.25, 0.3) is 5.76 Å². The Bertz CT molecular complexity index is 1340. The zero-order valence-corrected chi connectivity index (χ0v) is 21.8. The van der Waals surface area contributed by atoms with Crippen molar-refractivity contribution in [2.75, 3.05) is 18.1 Å². The van der Waals surface area contributed by atoms with Gasteiger partial charge in [0.25, 0.3) is 11.7 Å². The fourth-order valence-corrected chi connectivity index (χ4v) is 4.54. The molecule has 1 N–H and O–H groups in total. The number of anilines is 1. The molecule has 7 nitrogen and oxygen atoms in total. The van der Waals surface area contributed by atoms with Gasteiger partial charge < -0.3 is 14.6 Å². The van der Waals surface area contributed by atoms with Crippen LogP contribution in [0.4, 0.5) is 5.69 Å². The predicted octanol–water partition coefficient (Wildman–Crippen LogP) is 5.80. The van der Waals surface area contributed by atoms with Crippen LogP contribution in [0.2, 0.25) is 0 Å². The summed E-state index contributed by atoms with van der Waals surface area (Å²) in [6.07, 6.45) is 3.22. The number of ether oxygens (including phenoxy) is 2. The van der Waals surface area contributed by atoms with Gasteiger partial charge in [-0.1, -0.05) is 32.9 Å². The summed E-state index contributed by atoms with van der Waals surface area (Å²) in [5.74, 6) is -0.452. The lowest BCUT2D eigenvalue weighted by Gasteiger charge is -2.26. The third-order valence-corrected chi connectivity index (χ3v) is 6.21. The molecule has 0 spiro atoms. The number of carbonyl (C=O) groups excluding carboxylic acids is 2. The van der Waals surface area contributed by atoms with Gasteiger partial charge >= 0.3 is 0 Å². The largest absolute Gasteiger partial charge is 0.507 e. The molecular weight excluding hydrogens is 468 g/mol. The second-order valence-corrected chi connectivity index (χ2v) is 9.78. The molecule has 1 amide bonds. The number of aromatic nitrogens is 1. The van der Waals surface area contributed by atoms with Crippen molar-refractivity contribution in [2.45, 2.75) is 46.1 Å². The summed E-state index contributed by atoms with van der Waals surface area (Å²) < 4.78 is 11.4. The highest BCUT2D eigenvalue weighted by Gasteiger charge is 2.47. The minimum atomic E-state index is -0.866. The molecule has 1 fully saturated rings. The molecule has 7 heteroatoms. The normalized spacial score (nSPS) is 17.2. The van der Waals surface area contributed by atoms with E-state index < -0.39 is 17.7 Å². The Hall–Kier alpha value is -4.13. The highest BCUT2D eigenvalue weighted by atomic mass is 16.5. The van der Waals surface area contributed by atoms with Crippen LogP contribution in [-0.2, 0) is 15.0 Å². The highest BCUT2D eigenvalue weighted by Crippen LogP contribution is 2.43. The maximum atomic E-state index is 13.5. The molecule has 2 heterocycles. The molecule has 3 aromatic rings. The van der Waals surface area contributed by atoms with Gasteiger partial charge in [-0.05, 0) is 61.2 Å². The lowest BCUT2D eigenvalue weighted by Crippen LogP contribution is -2.29. The second-order valence-electron chi connectivity index (χ2n) is 9.78. The van der Waals surface area contributed by atoms with Crippen LogP contribution in [0.3, 0.4) is 0 Å². The highest BCUT2D eigenvalue weighted by molar-refractivity contribution is 6.51. The number of nitrogens with zero attached hydrogens (tertiary/aromatic N) is 2. The monoisotopic (exact) mass is 500 g/mol. The quantitative estimate of drug-likeness (QED) is 0.250. The molecule has 4 rings (SSSR count). The molecule has 0 saturated carbocycles. The van der Waals surface area contributed by atoms with Gasteiger partial charge in [-0.2, -0.15) is 0 Å². The van der Waals surface area contributed by atoms with Gasteiger partial charge in [0, 0.05) is 35.3 Å². The molecule has 1 aliphatic rings. The van der Waals surface area contributed by atoms with E-state index in [0.29, 0.717) is 41.5 Å². The van der Waals surface area contributed by atoms with Crippen molar-refractivity contribution in [2.24, 2.45) is 0 Å². The maximum Gasteiger partial charge on any atom is 0.300 e. The Balaban J connectivity index is 1.92. The number of carbonyl (C=O) groups is 2. The molecular formula is C30H32N2O5. The van der Waals surface area contributed by atoms with Crippen LogP contribution in [-0.4, -0.2) is 35.0 Å². The zero-order valence-electron chi connectivity index (χ0n) is 21.8. The van der Waals surface area contributed by atoms with E-state index in [2.05, 4.69) is 25.8 Å². The summed E-state index contributed by atoms with van der Waals surface area (Å²) in [4.78, 5) is 32.5. The number of benzene rings is 2. The summed E-state index contributed by atoms with van der Waals surface area (Å²) in [5, 5.41) is 11.5. The fourth-order valence-electron chi connectivity index (χ4n) is 4.54. The smallest absolute Gasteiger partial charge is 0.300 e. The average Bonchev–Trinajstić information content (AvgIpc) is 3.14. The summed E-state index contributed by atoms with van der Waals surface area (Å²) in [7, 11) is 0. The number of aliphatic hydroxyl groups excluding tert-OH is 1. The first-order valence-corrected chi connectivity index (χ1v) is 12.4. The standard InChI is InChI=1S/C30H32N2O5/c1-6-36-22-12-8-11-21(17-22)32-26(20-10-9-15-31-18-20)25(28(34)29(32)35)27(33)19-13-14-24(37-7-2)23(16-19)30(3,4)5/h8-18,26,33H,6-7H2,1-5H3/b27-25-. The molecule has 1 unspecified atom stereocenters. The Kier molecular flexibility index (Phi) is 7.34. The molecule has 1 aliphatic heterocycles. The summed E-state index contributed by atoms with van der Waals surface area (Å²) in [6.45, 7) is 10.9. The lowest BCUT2D eigenvalue weighted by molar-refractivity contribution is -0.132. The van der Waals surface area contributed by atoms with Crippen LogP contribution in [0.5, 0.6) is 11.5 Å². The SMILES string of the molecule is CCOc1cccc(N2C(=O)C(=O)/C(=C(\O)c3ccc(OCC)c(C(C)(C)C)c3)C2c2cccnc2)c1. The van der Waals surface area contributed by atoms with Crippen molar-refractivity contribution in [1.29, 1.82) is 0 Å². The van der Waals surface area contributed by atoms with Crippen molar-refractivity contribution in [3.8, 4) is 11.5 Å². The topological polar surface area (TPSA) is 89.0 Å². The predicted molar refractivity (Wildman–Crippen MR) is 143 cm³/mol. The van der Waals surface area contributed by atoms with Crippen molar-refractivity contribution in [3.05, 3.63) is 89.3 Å². The molecule has 0 radical (unpaired) electrons. The first-order chi connectivity index (χ1) is 17.7. The number of Topliss-reactive ketones (excluding diaryl/α,β-unsaturated/α-hetero) is 1. The Morgan fingerprint density at radius 3 is 2.41 bits per heavy atom. The third-order valence-electron chi connectivity index (χ3n) is 6.21. The van der Waals surface area contributed by atoms with Crippen molar-refractivity contribution < 1.29 is 24.2 Å². The van der Waals surface area contributed by atoms with Crippen LogP contribution in [0.1, 0.15) is 57.4 Å². The lowest BCUT2D eigenvalue weighted by atomic mass is 9.84. The van der Waals surface area contributed by atoms with Gasteiger partial charge in [0.05, 0.1) is 24.8 Å². The summed E-state index contributed by atoms with van der Waals surface area (Å²) in [5.41, 5.74) is 2.13. The van der Waals surface area contributed by atoms with Crippen molar-refractivity contribution >= 4 is 23.1 Å². The van der Waals surface area contributed by atoms with Crippen LogP contribution < -0.4 is 14.4 Å². The second kappa shape index (κ2) is 10.5. The van der Waals surface area contributed by atoms with E-state index in [0.717, 1.165) is 5.56 Å². The first kappa shape index (κ1) is 25.9. The van der Waals surface area contributed by atoms with E-state index in [9.17, 15) is 14.7 Å². The van der Waals surface area contributed by atoms with Crippen LogP contribution >= 0.6 is 0 Å². The van der Waals surface area contributed by atoms with E-state index >= 15 is 0 Å². The van der Waals surface area contributed by atoms with E-state index in [1.807, 2.05) is 19.9 Å². The minimum absolute atomic E-state index is 0.00355. The van der Waals surface area contributed by atoms with E-state index in [1.165, 1.54) is 4.90 Å². The molecule has 2 aromatic carbocycles. The maximum absolute atomic E-state index is 13.5. The molecule has 37 heavy (non-hydrogen) atoms. The number of amides is 1. The average molecular weight is 501 g/mol. The number of hydrogen-bond donors (Lipinski definition) is 1. The molecule has 0 aliphatic carbocycles. The summed E-state index contributed by atoms with van der Waals surface area (Å²) >= 11 is 0. The van der Waals surface area contributed by atoms with Gasteiger partial charge in [0.15, 0.2) is 0 Å². The van der Waals surface area contributed by atoms with Crippen LogP contribution in [0, 0.1) is 0 Å². The molecule has 1 atom stereocenters.